The Hall–Kier alpha value is -2.65. The Balaban J connectivity index is 1.34. The maximum Gasteiger partial charge on any atom is 0.276 e. The molecule has 0 bridgehead atoms. The predicted molar refractivity (Wildman–Crippen MR) is 96.5 cm³/mol. The zero-order valence-corrected chi connectivity index (χ0v) is 14.9. The van der Waals surface area contributed by atoms with Crippen LogP contribution in [0, 0.1) is 0 Å². The first-order valence-electron chi connectivity index (χ1n) is 9.32. The van der Waals surface area contributed by atoms with Crippen LogP contribution in [0.5, 0.6) is 0 Å². The average Bonchev–Trinajstić information content (AvgIpc) is 3.10. The molecule has 2 saturated heterocycles. The van der Waals surface area contributed by atoms with E-state index in [1.54, 1.807) is 23.1 Å². The summed E-state index contributed by atoms with van der Waals surface area (Å²) in [7, 11) is 0. The highest BCUT2D eigenvalue weighted by Gasteiger charge is 2.30. The predicted octanol–water partition coefficient (Wildman–Crippen LogP) is 0.701. The molecule has 3 aromatic rings. The zero-order valence-electron chi connectivity index (χ0n) is 14.9. The molecule has 0 atom stereocenters. The maximum atomic E-state index is 12.4. The molecule has 2 fully saturated rings. The van der Waals surface area contributed by atoms with Gasteiger partial charge >= 0.3 is 0 Å². The van der Waals surface area contributed by atoms with E-state index in [2.05, 4.69) is 29.9 Å². The van der Waals surface area contributed by atoms with Gasteiger partial charge in [0.2, 0.25) is 0 Å². The van der Waals surface area contributed by atoms with E-state index < -0.39 is 0 Å². The fraction of sp³-hybridized carbons (Fsp3) is 0.500. The number of aromatic nitrogens is 6. The summed E-state index contributed by atoms with van der Waals surface area (Å²) >= 11 is 0. The van der Waals surface area contributed by atoms with Crippen molar-refractivity contribution >= 4 is 5.52 Å². The third-order valence-electron chi connectivity index (χ3n) is 5.34. The summed E-state index contributed by atoms with van der Waals surface area (Å²) in [6, 6.07) is 1.82. The van der Waals surface area contributed by atoms with E-state index in [-0.39, 0.29) is 11.5 Å². The first kappa shape index (κ1) is 16.5. The number of ether oxygens (including phenoxy) is 1. The minimum atomic E-state index is -0.144. The standard InChI is InChI=1S/C18H21N7O2/c26-18-14-8-21-17(12-2-6-27-7-3-12)25(14)23-15(22-18)11-24-9-13(10-24)16-19-4-1-5-20-16/h1,4-5,8,12-13H,2-3,6-7,9-11H2,(H,22,23,26). The molecule has 0 spiro atoms. The number of imidazole rings is 1. The maximum absolute atomic E-state index is 12.4. The lowest BCUT2D eigenvalue weighted by atomic mass is 9.99. The van der Waals surface area contributed by atoms with Crippen LogP contribution in [0.1, 0.15) is 42.2 Å². The van der Waals surface area contributed by atoms with Crippen LogP contribution >= 0.6 is 0 Å². The van der Waals surface area contributed by atoms with Crippen molar-refractivity contribution in [1.82, 2.24) is 34.4 Å². The Bertz CT molecular complexity index is 988. The second kappa shape index (κ2) is 6.82. The molecule has 5 heterocycles. The van der Waals surface area contributed by atoms with Crippen LogP contribution in [0.4, 0.5) is 0 Å². The Kier molecular flexibility index (Phi) is 4.17. The topological polar surface area (TPSA) is 101 Å². The molecule has 0 aliphatic carbocycles. The first-order chi connectivity index (χ1) is 13.3. The minimum absolute atomic E-state index is 0.144. The van der Waals surface area contributed by atoms with Crippen LogP contribution in [0.15, 0.2) is 29.5 Å². The van der Waals surface area contributed by atoms with Crippen molar-refractivity contribution in [2.45, 2.75) is 31.2 Å². The summed E-state index contributed by atoms with van der Waals surface area (Å²) in [5, 5.41) is 4.68. The molecule has 140 valence electrons. The molecule has 1 N–H and O–H groups in total. The summed E-state index contributed by atoms with van der Waals surface area (Å²) in [4.78, 5) is 30.7. The number of rotatable bonds is 4. The molecule has 27 heavy (non-hydrogen) atoms. The van der Waals surface area contributed by atoms with Crippen molar-refractivity contribution in [2.75, 3.05) is 26.3 Å². The Labute approximate surface area is 155 Å². The van der Waals surface area contributed by atoms with Crippen molar-refractivity contribution in [3.05, 3.63) is 52.5 Å². The molecule has 9 heteroatoms. The quantitative estimate of drug-likeness (QED) is 0.724. The van der Waals surface area contributed by atoms with Gasteiger partial charge in [0.15, 0.2) is 5.52 Å². The van der Waals surface area contributed by atoms with E-state index >= 15 is 0 Å². The highest BCUT2D eigenvalue weighted by Crippen LogP contribution is 2.26. The summed E-state index contributed by atoms with van der Waals surface area (Å²) < 4.78 is 7.16. The monoisotopic (exact) mass is 367 g/mol. The van der Waals surface area contributed by atoms with E-state index in [4.69, 9.17) is 4.74 Å². The molecule has 2 aliphatic heterocycles. The van der Waals surface area contributed by atoms with Crippen LogP contribution in [-0.4, -0.2) is 60.8 Å². The van der Waals surface area contributed by atoms with Gasteiger partial charge in [-0.2, -0.15) is 5.10 Å². The summed E-state index contributed by atoms with van der Waals surface area (Å²) in [6.45, 7) is 3.78. The molecule has 2 aliphatic rings. The highest BCUT2D eigenvalue weighted by molar-refractivity contribution is 5.42. The molecule has 0 amide bonds. The van der Waals surface area contributed by atoms with Gasteiger partial charge in [-0.3, -0.25) is 9.69 Å². The number of H-pyrrole nitrogens is 1. The van der Waals surface area contributed by atoms with Crippen LogP contribution in [0.2, 0.25) is 0 Å². The van der Waals surface area contributed by atoms with Gasteiger partial charge in [-0.05, 0) is 18.9 Å². The molecule has 0 saturated carbocycles. The number of likely N-dealkylation sites (tertiary alicyclic amines) is 1. The second-order valence-electron chi connectivity index (χ2n) is 7.20. The number of nitrogens with zero attached hydrogens (tertiary/aromatic N) is 6. The van der Waals surface area contributed by atoms with Crippen molar-refractivity contribution in [3.63, 3.8) is 0 Å². The van der Waals surface area contributed by atoms with Crippen molar-refractivity contribution < 1.29 is 4.74 Å². The molecule has 9 nitrogen and oxygen atoms in total. The third-order valence-corrected chi connectivity index (χ3v) is 5.34. The molecule has 5 rings (SSSR count). The van der Waals surface area contributed by atoms with Crippen molar-refractivity contribution in [1.29, 1.82) is 0 Å². The van der Waals surface area contributed by atoms with Gasteiger partial charge in [-0.1, -0.05) is 0 Å². The normalized spacial score (nSPS) is 19.4. The van der Waals surface area contributed by atoms with Crippen molar-refractivity contribution in [3.8, 4) is 0 Å². The lowest BCUT2D eigenvalue weighted by Gasteiger charge is -2.37. The smallest absolute Gasteiger partial charge is 0.276 e. The van der Waals surface area contributed by atoms with Crippen molar-refractivity contribution in [2.24, 2.45) is 0 Å². The Morgan fingerprint density at radius 3 is 2.67 bits per heavy atom. The van der Waals surface area contributed by atoms with Gasteiger partial charge in [0.25, 0.3) is 5.56 Å². The van der Waals surface area contributed by atoms with Crippen LogP contribution in [0.25, 0.3) is 5.52 Å². The van der Waals surface area contributed by atoms with E-state index in [1.165, 1.54) is 0 Å². The summed E-state index contributed by atoms with van der Waals surface area (Å²) in [5.41, 5.74) is 0.355. The summed E-state index contributed by atoms with van der Waals surface area (Å²) in [6.07, 6.45) is 6.98. The van der Waals surface area contributed by atoms with Crippen LogP contribution < -0.4 is 5.56 Å². The van der Waals surface area contributed by atoms with Gasteiger partial charge in [0.05, 0.1) is 12.7 Å². The second-order valence-corrected chi connectivity index (χ2v) is 7.20. The molecular weight excluding hydrogens is 346 g/mol. The minimum Gasteiger partial charge on any atom is -0.381 e. The fourth-order valence-corrected chi connectivity index (χ4v) is 3.86. The number of hydrogen-bond donors (Lipinski definition) is 1. The van der Waals surface area contributed by atoms with Gasteiger partial charge in [-0.25, -0.2) is 19.5 Å². The summed E-state index contributed by atoms with van der Waals surface area (Å²) in [5.74, 6) is 3.02. The van der Waals surface area contributed by atoms with Gasteiger partial charge < -0.3 is 9.72 Å². The third kappa shape index (κ3) is 3.13. The van der Waals surface area contributed by atoms with Gasteiger partial charge in [0.1, 0.15) is 17.5 Å². The molecule has 0 unspecified atom stereocenters. The molecule has 0 radical (unpaired) electrons. The first-order valence-corrected chi connectivity index (χ1v) is 9.32. The average molecular weight is 367 g/mol. The number of aromatic amines is 1. The van der Waals surface area contributed by atoms with Crippen LogP contribution in [-0.2, 0) is 11.3 Å². The fourth-order valence-electron chi connectivity index (χ4n) is 3.86. The van der Waals surface area contributed by atoms with Gasteiger partial charge in [-0.15, -0.1) is 0 Å². The number of hydrogen-bond acceptors (Lipinski definition) is 7. The lowest BCUT2D eigenvalue weighted by molar-refractivity contribution is 0.0832. The number of nitrogens with one attached hydrogen (secondary N) is 1. The Morgan fingerprint density at radius 1 is 1.11 bits per heavy atom. The largest absolute Gasteiger partial charge is 0.381 e. The molecular formula is C18H21N7O2. The molecule has 3 aromatic heterocycles. The number of fused-ring (bicyclic) bond motifs is 1. The lowest BCUT2D eigenvalue weighted by Crippen LogP contribution is -2.45. The zero-order chi connectivity index (χ0) is 18.2. The SMILES string of the molecule is O=c1[nH]c(CN2CC(c3ncccn3)C2)nn2c(C3CCOCC3)ncc12. The van der Waals surface area contributed by atoms with Gasteiger partial charge in [0, 0.05) is 50.5 Å². The van der Waals surface area contributed by atoms with E-state index in [9.17, 15) is 4.79 Å². The van der Waals surface area contributed by atoms with E-state index in [0.717, 1.165) is 50.8 Å². The molecule has 0 aromatic carbocycles. The Morgan fingerprint density at radius 2 is 1.89 bits per heavy atom. The van der Waals surface area contributed by atoms with E-state index in [1.807, 2.05) is 6.07 Å². The van der Waals surface area contributed by atoms with E-state index in [0.29, 0.717) is 23.8 Å². The van der Waals surface area contributed by atoms with Crippen LogP contribution in [0.3, 0.4) is 0 Å². The highest BCUT2D eigenvalue weighted by atomic mass is 16.5.